The summed E-state index contributed by atoms with van der Waals surface area (Å²) < 4.78 is 0.942. The number of hydrogen-bond acceptors (Lipinski definition) is 3. The lowest BCUT2D eigenvalue weighted by atomic mass is 9.95. The highest BCUT2D eigenvalue weighted by Gasteiger charge is 2.42. The molecule has 2 heterocycles. The molecule has 2 aromatic carbocycles. The quantitative estimate of drug-likeness (QED) is 0.525. The number of aromatic amines is 1. The summed E-state index contributed by atoms with van der Waals surface area (Å²) in [4.78, 5) is 15.0. The van der Waals surface area contributed by atoms with Crippen LogP contribution in [0.5, 0.6) is 5.75 Å². The van der Waals surface area contributed by atoms with Gasteiger partial charge < -0.3 is 10.0 Å². The first-order chi connectivity index (χ1) is 13.5. The van der Waals surface area contributed by atoms with E-state index >= 15 is 0 Å². The van der Waals surface area contributed by atoms with Gasteiger partial charge in [-0.25, -0.2) is 0 Å². The molecule has 3 aromatic rings. The van der Waals surface area contributed by atoms with Crippen molar-refractivity contribution in [2.45, 2.75) is 25.8 Å². The van der Waals surface area contributed by atoms with Crippen molar-refractivity contribution in [3.05, 3.63) is 68.8 Å². The average Bonchev–Trinajstić information content (AvgIpc) is 3.21. The summed E-state index contributed by atoms with van der Waals surface area (Å²) in [6.45, 7) is 2.75. The van der Waals surface area contributed by atoms with E-state index in [0.717, 1.165) is 28.4 Å². The lowest BCUT2D eigenvalue weighted by molar-refractivity contribution is 0.0741. The summed E-state index contributed by atoms with van der Waals surface area (Å²) in [5.41, 5.74) is 3.29. The van der Waals surface area contributed by atoms with Gasteiger partial charge in [0.2, 0.25) is 0 Å². The zero-order valence-corrected chi connectivity index (χ0v) is 17.6. The van der Waals surface area contributed by atoms with E-state index in [1.807, 2.05) is 29.2 Å². The fourth-order valence-corrected chi connectivity index (χ4v) is 4.27. The third kappa shape index (κ3) is 3.20. The monoisotopic (exact) mass is 459 g/mol. The summed E-state index contributed by atoms with van der Waals surface area (Å²) in [5, 5.41) is 18.2. The molecule has 1 unspecified atom stereocenters. The molecule has 1 aliphatic heterocycles. The first-order valence-electron chi connectivity index (χ1n) is 9.14. The summed E-state index contributed by atoms with van der Waals surface area (Å²) in [7, 11) is 0. The number of rotatable bonds is 5. The molecular formula is C21H19BrClN3O2. The minimum atomic E-state index is -0.279. The Morgan fingerprint density at radius 1 is 1.29 bits per heavy atom. The number of aromatic hydroxyl groups is 1. The Morgan fingerprint density at radius 2 is 2.11 bits per heavy atom. The number of fused-ring (bicyclic) bond motifs is 1. The number of phenolic OH excluding ortho intramolecular Hbond substituents is 1. The number of benzene rings is 2. The second-order valence-corrected chi connectivity index (χ2v) is 8.18. The number of carbonyl (C=O) groups excluding carboxylic acids is 1. The van der Waals surface area contributed by atoms with Crippen molar-refractivity contribution < 1.29 is 9.90 Å². The predicted molar refractivity (Wildman–Crippen MR) is 113 cm³/mol. The molecular weight excluding hydrogens is 442 g/mol. The maximum Gasteiger partial charge on any atom is 0.273 e. The van der Waals surface area contributed by atoms with Gasteiger partial charge in [0.15, 0.2) is 0 Å². The maximum absolute atomic E-state index is 13.1. The molecule has 1 atom stereocenters. The van der Waals surface area contributed by atoms with Gasteiger partial charge in [-0.2, -0.15) is 5.10 Å². The lowest BCUT2D eigenvalue weighted by Gasteiger charge is -2.26. The van der Waals surface area contributed by atoms with Crippen molar-refractivity contribution in [3.63, 3.8) is 0 Å². The highest BCUT2D eigenvalue weighted by Crippen LogP contribution is 2.45. The van der Waals surface area contributed by atoms with Crippen LogP contribution >= 0.6 is 27.5 Å². The summed E-state index contributed by atoms with van der Waals surface area (Å²) in [6, 6.07) is 12.5. The third-order valence-corrected chi connectivity index (χ3v) is 5.72. The van der Waals surface area contributed by atoms with Crippen molar-refractivity contribution in [3.8, 4) is 17.0 Å². The molecule has 1 aromatic heterocycles. The number of nitrogens with one attached hydrogen (secondary N) is 1. The van der Waals surface area contributed by atoms with Gasteiger partial charge in [0, 0.05) is 27.2 Å². The van der Waals surface area contributed by atoms with Crippen LogP contribution in [0.3, 0.4) is 0 Å². The van der Waals surface area contributed by atoms with E-state index in [1.54, 1.807) is 18.2 Å². The Hall–Kier alpha value is -2.31. The topological polar surface area (TPSA) is 69.2 Å². The molecule has 7 heteroatoms. The molecule has 0 aliphatic carbocycles. The second-order valence-electron chi connectivity index (χ2n) is 6.83. The molecule has 0 spiro atoms. The van der Waals surface area contributed by atoms with Crippen molar-refractivity contribution in [2.24, 2.45) is 0 Å². The van der Waals surface area contributed by atoms with Crippen molar-refractivity contribution in [2.75, 3.05) is 6.54 Å². The molecule has 2 N–H and O–H groups in total. The minimum Gasteiger partial charge on any atom is -0.507 e. The van der Waals surface area contributed by atoms with E-state index in [-0.39, 0.29) is 17.7 Å². The van der Waals surface area contributed by atoms with E-state index in [1.165, 1.54) is 0 Å². The molecule has 4 rings (SSSR count). The number of aromatic nitrogens is 2. The Balaban J connectivity index is 1.91. The molecule has 0 saturated carbocycles. The van der Waals surface area contributed by atoms with Crippen molar-refractivity contribution in [1.29, 1.82) is 0 Å². The lowest BCUT2D eigenvalue weighted by Crippen LogP contribution is -2.30. The zero-order chi connectivity index (χ0) is 19.8. The van der Waals surface area contributed by atoms with Gasteiger partial charge in [-0.05, 0) is 42.3 Å². The van der Waals surface area contributed by atoms with E-state index < -0.39 is 0 Å². The van der Waals surface area contributed by atoms with Crippen LogP contribution in [0.2, 0.25) is 5.02 Å². The first kappa shape index (κ1) is 19.0. The standard InChI is InChI=1S/C21H19BrClN3O2/c1-2-3-9-26-20(12-5-4-6-13(22)10-12)17-18(24-25-19(17)21(26)28)15-11-14(23)7-8-16(15)27/h4-8,10-11,20,27H,2-3,9H2,1H3,(H,24,25). The predicted octanol–water partition coefficient (Wildman–Crippen LogP) is 5.54. The van der Waals surface area contributed by atoms with Gasteiger partial charge in [0.25, 0.3) is 5.91 Å². The normalized spacial score (nSPS) is 15.9. The van der Waals surface area contributed by atoms with Crippen LogP contribution in [0.25, 0.3) is 11.3 Å². The largest absolute Gasteiger partial charge is 0.507 e. The summed E-state index contributed by atoms with van der Waals surface area (Å²) >= 11 is 9.68. The van der Waals surface area contributed by atoms with E-state index in [2.05, 4.69) is 33.1 Å². The van der Waals surface area contributed by atoms with Crippen molar-refractivity contribution in [1.82, 2.24) is 15.1 Å². The molecule has 28 heavy (non-hydrogen) atoms. The van der Waals surface area contributed by atoms with Crippen LogP contribution in [-0.4, -0.2) is 32.7 Å². The van der Waals surface area contributed by atoms with E-state index in [0.29, 0.717) is 28.5 Å². The maximum atomic E-state index is 13.1. The molecule has 1 amide bonds. The second kappa shape index (κ2) is 7.60. The van der Waals surface area contributed by atoms with Gasteiger partial charge in [-0.1, -0.05) is 53.0 Å². The smallest absolute Gasteiger partial charge is 0.273 e. The Morgan fingerprint density at radius 3 is 2.86 bits per heavy atom. The fraction of sp³-hybridized carbons (Fsp3) is 0.238. The Kier molecular flexibility index (Phi) is 5.17. The van der Waals surface area contributed by atoms with Crippen LogP contribution < -0.4 is 0 Å². The Bertz CT molecular complexity index is 1050. The van der Waals surface area contributed by atoms with Crippen LogP contribution in [0.1, 0.15) is 47.4 Å². The number of halogens is 2. The molecule has 5 nitrogen and oxygen atoms in total. The molecule has 144 valence electrons. The van der Waals surface area contributed by atoms with E-state index in [9.17, 15) is 9.90 Å². The summed E-state index contributed by atoms with van der Waals surface area (Å²) in [5.74, 6) is -0.000146. The molecule has 0 fully saturated rings. The fourth-order valence-electron chi connectivity index (χ4n) is 3.68. The molecule has 1 aliphatic rings. The zero-order valence-electron chi connectivity index (χ0n) is 15.2. The van der Waals surface area contributed by atoms with Crippen LogP contribution in [0.4, 0.5) is 0 Å². The number of nitrogens with zero attached hydrogens (tertiary/aromatic N) is 2. The van der Waals surface area contributed by atoms with Gasteiger partial charge in [0.05, 0.1) is 6.04 Å². The number of unbranched alkanes of at least 4 members (excludes halogenated alkanes) is 1. The van der Waals surface area contributed by atoms with Gasteiger partial charge >= 0.3 is 0 Å². The highest BCUT2D eigenvalue weighted by molar-refractivity contribution is 9.10. The van der Waals surface area contributed by atoms with Crippen LogP contribution in [0.15, 0.2) is 46.9 Å². The van der Waals surface area contributed by atoms with Crippen LogP contribution in [0, 0.1) is 0 Å². The van der Waals surface area contributed by atoms with Gasteiger partial charge in [-0.15, -0.1) is 0 Å². The minimum absolute atomic E-state index is 0.0751. The number of phenols is 1. The number of carbonyl (C=O) groups is 1. The summed E-state index contributed by atoms with van der Waals surface area (Å²) in [6.07, 6.45) is 1.90. The number of H-pyrrole nitrogens is 1. The molecule has 0 saturated heterocycles. The Labute approximate surface area is 176 Å². The van der Waals surface area contributed by atoms with Gasteiger partial charge in [-0.3, -0.25) is 9.89 Å². The molecule has 0 bridgehead atoms. The van der Waals surface area contributed by atoms with Crippen LogP contribution in [-0.2, 0) is 0 Å². The van der Waals surface area contributed by atoms with Crippen molar-refractivity contribution >= 4 is 33.4 Å². The third-order valence-electron chi connectivity index (χ3n) is 4.99. The van der Waals surface area contributed by atoms with Gasteiger partial charge in [0.1, 0.15) is 17.1 Å². The number of amides is 1. The molecule has 0 radical (unpaired) electrons. The average molecular weight is 461 g/mol. The number of hydrogen-bond donors (Lipinski definition) is 2. The SMILES string of the molecule is CCCCN1C(=O)c2[nH]nc(-c3cc(Cl)ccc3O)c2C1c1cccc(Br)c1. The first-order valence-corrected chi connectivity index (χ1v) is 10.3. The van der Waals surface area contributed by atoms with E-state index in [4.69, 9.17) is 11.6 Å². The highest BCUT2D eigenvalue weighted by atomic mass is 79.9.